The van der Waals surface area contributed by atoms with Crippen molar-refractivity contribution < 1.29 is 4.80 Å². The van der Waals surface area contributed by atoms with Crippen LogP contribution in [0.5, 0.6) is 0 Å². The Balaban J connectivity index is 3.02. The molecule has 0 aliphatic heterocycles. The molecule has 0 unspecified atom stereocenters. The molecule has 0 fully saturated rings. The fourth-order valence-electron chi connectivity index (χ4n) is 0.354. The molecule has 1 aromatic heterocycles. The second kappa shape index (κ2) is 1.84. The molecule has 0 amide bonds. The summed E-state index contributed by atoms with van der Waals surface area (Å²) in [6.45, 7) is 0. The van der Waals surface area contributed by atoms with Gasteiger partial charge in [0.2, 0.25) is 0 Å². The van der Waals surface area contributed by atoms with Crippen molar-refractivity contribution in [2.24, 2.45) is 0 Å². The fourth-order valence-corrected chi connectivity index (χ4v) is 0.962. The van der Waals surface area contributed by atoms with Crippen LogP contribution in [0.4, 0.5) is 0 Å². The monoisotopic (exact) mass is 111 g/mol. The molecule has 3 heteroatoms. The van der Waals surface area contributed by atoms with E-state index in [1.54, 1.807) is 24.0 Å². The zero-order valence-corrected chi connectivity index (χ0v) is 4.70. The molecule has 1 heterocycles. The maximum atomic E-state index is 8.71. The normalized spacial score (nSPS) is 8.57. The maximum Gasteiger partial charge on any atom is 0.383 e. The summed E-state index contributed by atoms with van der Waals surface area (Å²) in [6.07, 6.45) is 1.62. The van der Waals surface area contributed by atoms with Crippen LogP contribution in [0.2, 0.25) is 0 Å². The third-order valence-electron chi connectivity index (χ3n) is 0.649. The second-order valence-corrected chi connectivity index (χ2v) is 2.50. The van der Waals surface area contributed by atoms with Crippen LogP contribution in [0.3, 0.4) is 0 Å². The highest BCUT2D eigenvalue weighted by atomic mass is 28.3. The van der Waals surface area contributed by atoms with Crippen molar-refractivity contribution >= 4 is 8.81 Å². The highest BCUT2D eigenvalue weighted by Gasteiger charge is 1.81. The van der Waals surface area contributed by atoms with Gasteiger partial charge in [-0.2, -0.15) is 0 Å². The number of hydrogen-bond donors (Lipinski definition) is 1. The van der Waals surface area contributed by atoms with E-state index in [4.69, 9.17) is 4.80 Å². The van der Waals surface area contributed by atoms with Crippen molar-refractivity contribution in [3.8, 4) is 0 Å². The van der Waals surface area contributed by atoms with E-state index < -0.39 is 8.81 Å². The molecular formula is C4H5NOSi. The van der Waals surface area contributed by atoms with Gasteiger partial charge in [0.25, 0.3) is 0 Å². The van der Waals surface area contributed by atoms with Gasteiger partial charge in [0, 0.05) is 6.20 Å². The van der Waals surface area contributed by atoms with E-state index in [-0.39, 0.29) is 0 Å². The molecule has 2 nitrogen and oxygen atoms in total. The SMILES string of the molecule is O[si]1ccccn1. The summed E-state index contributed by atoms with van der Waals surface area (Å²) in [7, 11) is -1.44. The van der Waals surface area contributed by atoms with Crippen molar-refractivity contribution in [2.75, 3.05) is 0 Å². The molecule has 0 radical (unpaired) electrons. The zero-order chi connectivity index (χ0) is 5.11. The fraction of sp³-hybridized carbons (Fsp3) is 0. The minimum atomic E-state index is -1.44. The first-order valence-corrected chi connectivity index (χ1v) is 3.47. The summed E-state index contributed by atoms with van der Waals surface area (Å²) in [5.41, 5.74) is 1.71. The number of rotatable bonds is 0. The molecule has 36 valence electrons. The molecule has 0 aromatic carbocycles. The van der Waals surface area contributed by atoms with E-state index >= 15 is 0 Å². The Labute approximate surface area is 43.2 Å². The summed E-state index contributed by atoms with van der Waals surface area (Å²) in [5, 5.41) is 0. The summed E-state index contributed by atoms with van der Waals surface area (Å²) in [4.78, 5) is 8.71. The minimum absolute atomic E-state index is 1.44. The number of aromatic nitrogens is 1. The zero-order valence-electron chi connectivity index (χ0n) is 3.70. The molecule has 1 rings (SSSR count). The summed E-state index contributed by atoms with van der Waals surface area (Å²) in [6, 6.07) is 3.60. The number of nitrogens with zero attached hydrogens (tertiary/aromatic N) is 1. The topological polar surface area (TPSA) is 33.1 Å². The van der Waals surface area contributed by atoms with Gasteiger partial charge in [0.1, 0.15) is 0 Å². The lowest BCUT2D eigenvalue weighted by Gasteiger charge is -1.79. The molecule has 0 saturated carbocycles. The van der Waals surface area contributed by atoms with Gasteiger partial charge < -0.3 is 4.80 Å². The molecule has 0 saturated heterocycles. The van der Waals surface area contributed by atoms with Crippen LogP contribution in [0.25, 0.3) is 0 Å². The van der Waals surface area contributed by atoms with Crippen LogP contribution in [-0.2, 0) is 0 Å². The average molecular weight is 111 g/mol. The highest BCUT2D eigenvalue weighted by Crippen LogP contribution is 1.73. The van der Waals surface area contributed by atoms with Gasteiger partial charge in [-0.15, -0.1) is 0 Å². The van der Waals surface area contributed by atoms with E-state index in [0.717, 1.165) is 0 Å². The lowest BCUT2D eigenvalue weighted by molar-refractivity contribution is 0.596. The second-order valence-electron chi connectivity index (χ2n) is 1.19. The van der Waals surface area contributed by atoms with Gasteiger partial charge in [-0.3, -0.25) is 4.64 Å². The molecule has 0 aliphatic carbocycles. The van der Waals surface area contributed by atoms with E-state index in [1.807, 2.05) is 0 Å². The third-order valence-corrected chi connectivity index (χ3v) is 1.55. The highest BCUT2D eigenvalue weighted by molar-refractivity contribution is 6.35. The van der Waals surface area contributed by atoms with Gasteiger partial charge >= 0.3 is 8.81 Å². The standard InChI is InChI=1S/C4H5NOSi/c6-7-4-2-1-3-5-7/h1-4,6H. The third kappa shape index (κ3) is 1.08. The molecule has 0 spiro atoms. The predicted molar refractivity (Wildman–Crippen MR) is 27.8 cm³/mol. The van der Waals surface area contributed by atoms with Gasteiger partial charge in [-0.1, -0.05) is 6.07 Å². The molecule has 0 atom stereocenters. The maximum absolute atomic E-state index is 8.71. The summed E-state index contributed by atoms with van der Waals surface area (Å²) in [5.74, 6) is 0. The average Bonchev–Trinajstić information content (AvgIpc) is 1.69. The Bertz CT molecular complexity index is 142. The van der Waals surface area contributed by atoms with Gasteiger partial charge in [-0.25, -0.2) is 0 Å². The summed E-state index contributed by atoms with van der Waals surface area (Å²) >= 11 is 0. The lowest BCUT2D eigenvalue weighted by atomic mass is 10.7. The van der Waals surface area contributed by atoms with Crippen LogP contribution >= 0.6 is 0 Å². The van der Waals surface area contributed by atoms with Crippen molar-refractivity contribution in [1.82, 2.24) is 4.64 Å². The first-order chi connectivity index (χ1) is 3.39. The first-order valence-electron chi connectivity index (χ1n) is 1.99. The molecular weight excluding hydrogens is 106 g/mol. The Morgan fingerprint density at radius 3 is 2.57 bits per heavy atom. The van der Waals surface area contributed by atoms with Crippen molar-refractivity contribution in [3.63, 3.8) is 0 Å². The molecule has 0 bridgehead atoms. The first kappa shape index (κ1) is 4.46. The largest absolute Gasteiger partial charge is 0.550 e. The Kier molecular flexibility index (Phi) is 1.17. The Morgan fingerprint density at radius 1 is 1.43 bits per heavy atom. The van der Waals surface area contributed by atoms with Crippen molar-refractivity contribution in [1.29, 1.82) is 0 Å². The van der Waals surface area contributed by atoms with Crippen LogP contribution < -0.4 is 0 Å². The summed E-state index contributed by atoms with van der Waals surface area (Å²) < 4.78 is 3.72. The van der Waals surface area contributed by atoms with Gasteiger partial charge in [0.15, 0.2) is 0 Å². The molecule has 1 N–H and O–H groups in total. The van der Waals surface area contributed by atoms with Crippen LogP contribution in [0.1, 0.15) is 0 Å². The Morgan fingerprint density at radius 2 is 2.29 bits per heavy atom. The van der Waals surface area contributed by atoms with Crippen molar-refractivity contribution in [2.45, 2.75) is 0 Å². The van der Waals surface area contributed by atoms with Crippen LogP contribution in [0, 0.1) is 0 Å². The smallest absolute Gasteiger partial charge is 0.383 e. The van der Waals surface area contributed by atoms with E-state index in [1.165, 1.54) is 0 Å². The minimum Gasteiger partial charge on any atom is -0.550 e. The van der Waals surface area contributed by atoms with E-state index in [2.05, 4.69) is 4.64 Å². The van der Waals surface area contributed by atoms with Gasteiger partial charge in [-0.05, 0) is 11.7 Å². The quantitative estimate of drug-likeness (QED) is 0.473. The van der Waals surface area contributed by atoms with E-state index in [0.29, 0.717) is 0 Å². The van der Waals surface area contributed by atoms with E-state index in [9.17, 15) is 0 Å². The number of hydrogen-bond acceptors (Lipinski definition) is 2. The lowest BCUT2D eigenvalue weighted by Crippen LogP contribution is -1.95. The predicted octanol–water partition coefficient (Wildman–Crippen LogP) is -0.137. The molecule has 0 aliphatic rings. The molecule has 7 heavy (non-hydrogen) atoms. The van der Waals surface area contributed by atoms with Gasteiger partial charge in [0.05, 0.1) is 0 Å². The molecule has 1 aromatic rings. The Hall–Kier alpha value is -0.703. The van der Waals surface area contributed by atoms with Crippen LogP contribution in [-0.4, -0.2) is 18.2 Å². The van der Waals surface area contributed by atoms with Crippen LogP contribution in [0.15, 0.2) is 24.0 Å². The van der Waals surface area contributed by atoms with Crippen molar-refractivity contribution in [3.05, 3.63) is 24.0 Å².